The van der Waals surface area contributed by atoms with Gasteiger partial charge < -0.3 is 20.1 Å². The van der Waals surface area contributed by atoms with Crippen LogP contribution in [0.25, 0.3) is 0 Å². The van der Waals surface area contributed by atoms with Crippen molar-refractivity contribution in [1.82, 2.24) is 9.88 Å². The topological polar surface area (TPSA) is 91.6 Å². The summed E-state index contributed by atoms with van der Waals surface area (Å²) in [6, 6.07) is 0.445. The van der Waals surface area contributed by atoms with Crippen LogP contribution in [0, 0.1) is 0 Å². The van der Waals surface area contributed by atoms with Crippen LogP contribution >= 0.6 is 11.6 Å². The fourth-order valence-corrected chi connectivity index (χ4v) is 1.91. The smallest absolute Gasteiger partial charge is 0.328 e. The fraction of sp³-hybridized carbons (Fsp3) is 0.455. The molecule has 1 aliphatic carbocycles. The molecule has 0 radical (unpaired) electrons. The summed E-state index contributed by atoms with van der Waals surface area (Å²) >= 11 is 5.85. The lowest BCUT2D eigenvalue weighted by atomic mass is 10.3. The average Bonchev–Trinajstić information content (AvgIpc) is 3.08. The number of aliphatic hydroxyl groups excluding tert-OH is 1. The van der Waals surface area contributed by atoms with Gasteiger partial charge in [-0.25, -0.2) is 4.79 Å². The number of hydrogen-bond acceptors (Lipinski definition) is 3. The first-order chi connectivity index (χ1) is 8.52. The Morgan fingerprint density at radius 2 is 2.22 bits per heavy atom. The van der Waals surface area contributed by atoms with Crippen molar-refractivity contribution in [3.05, 3.63) is 23.0 Å². The standard InChI is InChI=1S/C11H13ClN2O4/c12-6-3-9(14(4-6)7-1-2-7)10(16)13-8(5-15)11(17)18/h3-4,7-8,15H,1-2,5H2,(H,13,16)(H,17,18). The fourth-order valence-electron chi connectivity index (χ4n) is 1.70. The third-order valence-corrected chi connectivity index (χ3v) is 2.98. The zero-order chi connectivity index (χ0) is 13.3. The zero-order valence-electron chi connectivity index (χ0n) is 9.47. The Morgan fingerprint density at radius 3 is 2.72 bits per heavy atom. The first-order valence-electron chi connectivity index (χ1n) is 5.55. The van der Waals surface area contributed by atoms with E-state index in [-0.39, 0.29) is 6.04 Å². The van der Waals surface area contributed by atoms with Crippen LogP contribution in [0.3, 0.4) is 0 Å². The molecule has 1 fully saturated rings. The summed E-state index contributed by atoms with van der Waals surface area (Å²) < 4.78 is 1.74. The minimum absolute atomic E-state index is 0.260. The second-order valence-electron chi connectivity index (χ2n) is 4.23. The number of carbonyl (C=O) groups is 2. The molecular formula is C11H13ClN2O4. The number of aromatic nitrogens is 1. The van der Waals surface area contributed by atoms with Crippen LogP contribution in [-0.2, 0) is 4.79 Å². The van der Waals surface area contributed by atoms with E-state index in [1.165, 1.54) is 6.07 Å². The highest BCUT2D eigenvalue weighted by Crippen LogP contribution is 2.37. The predicted octanol–water partition coefficient (Wildman–Crippen LogP) is 0.652. The molecule has 1 aromatic rings. The number of nitrogens with zero attached hydrogens (tertiary/aromatic N) is 1. The van der Waals surface area contributed by atoms with Gasteiger partial charge in [0.15, 0.2) is 6.04 Å². The van der Waals surface area contributed by atoms with Crippen molar-refractivity contribution in [3.63, 3.8) is 0 Å². The van der Waals surface area contributed by atoms with Crippen molar-refractivity contribution in [2.45, 2.75) is 24.9 Å². The van der Waals surface area contributed by atoms with Crippen LogP contribution in [-0.4, -0.2) is 39.3 Å². The van der Waals surface area contributed by atoms with Gasteiger partial charge in [-0.15, -0.1) is 0 Å². The minimum atomic E-state index is -1.31. The van der Waals surface area contributed by atoms with Crippen molar-refractivity contribution in [2.24, 2.45) is 0 Å². The number of aliphatic carboxylic acids is 1. The van der Waals surface area contributed by atoms with Crippen LogP contribution in [0.4, 0.5) is 0 Å². The molecule has 1 amide bonds. The molecule has 18 heavy (non-hydrogen) atoms. The van der Waals surface area contributed by atoms with E-state index in [0.29, 0.717) is 10.7 Å². The van der Waals surface area contributed by atoms with Gasteiger partial charge >= 0.3 is 5.97 Å². The number of hydrogen-bond donors (Lipinski definition) is 3. The molecule has 1 aromatic heterocycles. The highest BCUT2D eigenvalue weighted by molar-refractivity contribution is 6.31. The van der Waals surface area contributed by atoms with E-state index >= 15 is 0 Å². The molecule has 2 rings (SSSR count). The maximum Gasteiger partial charge on any atom is 0.328 e. The van der Waals surface area contributed by atoms with E-state index in [9.17, 15) is 9.59 Å². The van der Waals surface area contributed by atoms with E-state index in [4.69, 9.17) is 21.8 Å². The van der Waals surface area contributed by atoms with Gasteiger partial charge in [-0.1, -0.05) is 11.6 Å². The largest absolute Gasteiger partial charge is 0.480 e. The zero-order valence-corrected chi connectivity index (χ0v) is 10.2. The van der Waals surface area contributed by atoms with Crippen molar-refractivity contribution >= 4 is 23.5 Å². The molecule has 7 heteroatoms. The Labute approximate surface area is 108 Å². The molecule has 1 atom stereocenters. The van der Waals surface area contributed by atoms with Gasteiger partial charge in [-0.2, -0.15) is 0 Å². The number of rotatable bonds is 5. The lowest BCUT2D eigenvalue weighted by molar-refractivity contribution is -0.140. The van der Waals surface area contributed by atoms with Gasteiger partial charge in [-0.3, -0.25) is 4.79 Å². The van der Waals surface area contributed by atoms with E-state index in [2.05, 4.69) is 5.32 Å². The number of nitrogens with one attached hydrogen (secondary N) is 1. The molecule has 0 bridgehead atoms. The summed E-state index contributed by atoms with van der Waals surface area (Å²) in [4.78, 5) is 22.6. The maximum absolute atomic E-state index is 11.9. The molecule has 6 nitrogen and oxygen atoms in total. The van der Waals surface area contributed by atoms with Crippen LogP contribution in [0.1, 0.15) is 29.4 Å². The van der Waals surface area contributed by atoms with Gasteiger partial charge in [0.2, 0.25) is 0 Å². The first-order valence-corrected chi connectivity index (χ1v) is 5.92. The van der Waals surface area contributed by atoms with Crippen LogP contribution in [0.15, 0.2) is 12.3 Å². The molecule has 0 spiro atoms. The van der Waals surface area contributed by atoms with E-state index in [1.807, 2.05) is 0 Å². The van der Waals surface area contributed by atoms with E-state index < -0.39 is 24.5 Å². The SMILES string of the molecule is O=C(NC(CO)C(=O)O)c1cc(Cl)cn1C1CC1. The predicted molar refractivity (Wildman–Crippen MR) is 63.7 cm³/mol. The van der Waals surface area contributed by atoms with Gasteiger partial charge in [-0.05, 0) is 18.9 Å². The Hall–Kier alpha value is -1.53. The molecule has 1 unspecified atom stereocenters. The molecule has 0 aliphatic heterocycles. The maximum atomic E-state index is 11.9. The van der Waals surface area contributed by atoms with Crippen molar-refractivity contribution < 1.29 is 19.8 Å². The summed E-state index contributed by atoms with van der Waals surface area (Å²) in [6.45, 7) is -0.654. The third kappa shape index (κ3) is 2.65. The summed E-state index contributed by atoms with van der Waals surface area (Å²) in [5.74, 6) is -1.82. The quantitative estimate of drug-likeness (QED) is 0.734. The van der Waals surface area contributed by atoms with Crippen molar-refractivity contribution in [3.8, 4) is 0 Å². The summed E-state index contributed by atoms with van der Waals surface area (Å²) in [7, 11) is 0. The van der Waals surface area contributed by atoms with Crippen LogP contribution < -0.4 is 5.32 Å². The highest BCUT2D eigenvalue weighted by Gasteiger charge is 2.29. The average molecular weight is 273 g/mol. The lowest BCUT2D eigenvalue weighted by Gasteiger charge is -2.13. The number of carboxylic acids is 1. The molecule has 0 aromatic carbocycles. The van der Waals surface area contributed by atoms with Crippen molar-refractivity contribution in [2.75, 3.05) is 6.61 Å². The number of halogens is 1. The van der Waals surface area contributed by atoms with E-state index in [0.717, 1.165) is 12.8 Å². The summed E-state index contributed by atoms with van der Waals surface area (Å²) in [5.41, 5.74) is 0.321. The Kier molecular flexibility index (Phi) is 3.58. The Bertz CT molecular complexity index is 481. The Balaban J connectivity index is 2.15. The molecule has 1 heterocycles. The number of amides is 1. The van der Waals surface area contributed by atoms with Gasteiger partial charge in [0.05, 0.1) is 11.6 Å². The monoisotopic (exact) mass is 272 g/mol. The second-order valence-corrected chi connectivity index (χ2v) is 4.67. The third-order valence-electron chi connectivity index (χ3n) is 2.77. The van der Waals surface area contributed by atoms with Crippen LogP contribution in [0.5, 0.6) is 0 Å². The first kappa shape index (κ1) is 12.9. The molecule has 1 aliphatic rings. The lowest BCUT2D eigenvalue weighted by Crippen LogP contribution is -2.43. The molecule has 1 saturated carbocycles. The highest BCUT2D eigenvalue weighted by atomic mass is 35.5. The normalized spacial score (nSPS) is 16.3. The molecule has 98 valence electrons. The van der Waals surface area contributed by atoms with Crippen LogP contribution in [0.2, 0.25) is 5.02 Å². The number of carboxylic acid groups (broad SMARTS) is 1. The molecule has 0 saturated heterocycles. The van der Waals surface area contributed by atoms with Gasteiger partial charge in [0.1, 0.15) is 5.69 Å². The minimum Gasteiger partial charge on any atom is -0.480 e. The number of carbonyl (C=O) groups excluding carboxylic acids is 1. The Morgan fingerprint density at radius 1 is 1.56 bits per heavy atom. The summed E-state index contributed by atoms with van der Waals surface area (Å²) in [5, 5.41) is 20.3. The number of aliphatic hydroxyl groups is 1. The second kappa shape index (κ2) is 4.99. The van der Waals surface area contributed by atoms with Gasteiger partial charge in [0.25, 0.3) is 5.91 Å². The molecule has 3 N–H and O–H groups in total. The van der Waals surface area contributed by atoms with Gasteiger partial charge in [0, 0.05) is 12.2 Å². The van der Waals surface area contributed by atoms with E-state index in [1.54, 1.807) is 10.8 Å². The summed E-state index contributed by atoms with van der Waals surface area (Å²) in [6.07, 6.45) is 3.62. The van der Waals surface area contributed by atoms with Crippen molar-refractivity contribution in [1.29, 1.82) is 0 Å². The molecular weight excluding hydrogens is 260 g/mol.